The molecule has 4 N–H and O–H groups in total. The van der Waals surface area contributed by atoms with Gasteiger partial charge in [0.15, 0.2) is 0 Å². The predicted octanol–water partition coefficient (Wildman–Crippen LogP) is 0.378. The van der Waals surface area contributed by atoms with E-state index in [-0.39, 0.29) is 18.0 Å². The van der Waals surface area contributed by atoms with E-state index >= 15 is 0 Å². The first kappa shape index (κ1) is 15.8. The maximum atomic E-state index is 12.6. The number of nitrogen functional groups attached to an aromatic ring is 1. The maximum absolute atomic E-state index is 12.6. The number of benzene rings is 1. The number of methoxy groups -OCH3 is 1. The third kappa shape index (κ3) is 3.18. The van der Waals surface area contributed by atoms with Crippen molar-refractivity contribution in [3.05, 3.63) is 24.4 Å². The average molecular weight is 313 g/mol. The van der Waals surface area contributed by atoms with Crippen LogP contribution in [0.4, 0.5) is 5.69 Å². The lowest BCUT2D eigenvalue weighted by atomic mass is 10.2. The molecule has 7 nitrogen and oxygen atoms in total. The number of H-pyrrole nitrogens is 1. The van der Waals surface area contributed by atoms with E-state index in [0.29, 0.717) is 16.6 Å². The molecule has 0 saturated carbocycles. The molecule has 8 heteroatoms. The summed E-state index contributed by atoms with van der Waals surface area (Å²) in [7, 11) is -0.861. The van der Waals surface area contributed by atoms with Crippen LogP contribution in [-0.4, -0.2) is 56.2 Å². The fourth-order valence-electron chi connectivity index (χ4n) is 2.13. The summed E-state index contributed by atoms with van der Waals surface area (Å²) in [5.74, 6) is 0. The second kappa shape index (κ2) is 6.02. The van der Waals surface area contributed by atoms with Crippen LogP contribution < -0.4 is 5.73 Å². The third-order valence-electron chi connectivity index (χ3n) is 3.18. The van der Waals surface area contributed by atoms with E-state index in [1.54, 1.807) is 18.2 Å². The number of hydrogen-bond donors (Lipinski definition) is 3. The Labute approximate surface area is 123 Å². The van der Waals surface area contributed by atoms with Gasteiger partial charge >= 0.3 is 0 Å². The first-order valence-electron chi connectivity index (χ1n) is 6.36. The molecule has 0 saturated heterocycles. The monoisotopic (exact) mass is 313 g/mol. The van der Waals surface area contributed by atoms with Crippen molar-refractivity contribution in [2.75, 3.05) is 33.0 Å². The van der Waals surface area contributed by atoms with Gasteiger partial charge in [-0.25, -0.2) is 8.42 Å². The molecule has 0 radical (unpaired) electrons. The van der Waals surface area contributed by atoms with Gasteiger partial charge in [0.25, 0.3) is 0 Å². The minimum absolute atomic E-state index is 0.0504. The Morgan fingerprint density at radius 2 is 2.19 bits per heavy atom. The van der Waals surface area contributed by atoms with Crippen molar-refractivity contribution >= 4 is 26.6 Å². The molecule has 21 heavy (non-hydrogen) atoms. The Hall–Kier alpha value is -1.61. The number of aliphatic hydroxyl groups excluding tert-OH is 1. The molecule has 2 aromatic rings. The van der Waals surface area contributed by atoms with Gasteiger partial charge in [-0.3, -0.25) is 0 Å². The minimum Gasteiger partial charge on any atom is -0.399 e. The van der Waals surface area contributed by atoms with E-state index in [4.69, 9.17) is 10.5 Å². The van der Waals surface area contributed by atoms with E-state index in [0.717, 1.165) is 4.31 Å². The van der Waals surface area contributed by atoms with Crippen LogP contribution in [0, 0.1) is 0 Å². The van der Waals surface area contributed by atoms with Crippen LogP contribution in [0.3, 0.4) is 0 Å². The topological polar surface area (TPSA) is 109 Å². The molecule has 0 fully saturated rings. The molecule has 1 atom stereocenters. The number of hydrogen-bond acceptors (Lipinski definition) is 5. The zero-order valence-corrected chi connectivity index (χ0v) is 12.7. The molecular weight excluding hydrogens is 294 g/mol. The molecular formula is C13H19N3O4S. The number of nitrogens with zero attached hydrogens (tertiary/aromatic N) is 1. The van der Waals surface area contributed by atoms with Crippen molar-refractivity contribution in [2.24, 2.45) is 0 Å². The number of aliphatic hydroxyl groups is 1. The summed E-state index contributed by atoms with van der Waals surface area (Å²) >= 11 is 0. The molecule has 0 aliphatic heterocycles. The Kier molecular flexibility index (Phi) is 4.52. The lowest BCUT2D eigenvalue weighted by Crippen LogP contribution is -2.36. The van der Waals surface area contributed by atoms with Gasteiger partial charge in [0.1, 0.15) is 4.90 Å². The summed E-state index contributed by atoms with van der Waals surface area (Å²) < 4.78 is 31.0. The highest BCUT2D eigenvalue weighted by molar-refractivity contribution is 7.89. The van der Waals surface area contributed by atoms with Crippen molar-refractivity contribution in [3.63, 3.8) is 0 Å². The number of likely N-dealkylation sites (N-methyl/N-ethyl adjacent to an activating group) is 1. The van der Waals surface area contributed by atoms with Crippen molar-refractivity contribution in [1.82, 2.24) is 9.29 Å². The first-order chi connectivity index (χ1) is 9.86. The predicted molar refractivity (Wildman–Crippen MR) is 80.4 cm³/mol. The van der Waals surface area contributed by atoms with Crippen LogP contribution in [0.2, 0.25) is 0 Å². The molecule has 1 unspecified atom stereocenters. The summed E-state index contributed by atoms with van der Waals surface area (Å²) in [5, 5.41) is 10.2. The fourth-order valence-corrected chi connectivity index (χ4v) is 3.49. The molecule has 1 aromatic heterocycles. The van der Waals surface area contributed by atoms with Crippen molar-refractivity contribution in [2.45, 2.75) is 11.0 Å². The number of fused-ring (bicyclic) bond motifs is 1. The lowest BCUT2D eigenvalue weighted by molar-refractivity contribution is 0.0554. The normalized spacial score (nSPS) is 13.9. The summed E-state index contributed by atoms with van der Waals surface area (Å²) in [6.07, 6.45) is 0.545. The maximum Gasteiger partial charge on any atom is 0.245 e. The average Bonchev–Trinajstić information content (AvgIpc) is 2.82. The Morgan fingerprint density at radius 1 is 1.48 bits per heavy atom. The van der Waals surface area contributed by atoms with Crippen LogP contribution >= 0.6 is 0 Å². The van der Waals surface area contributed by atoms with E-state index in [1.165, 1.54) is 20.4 Å². The first-order valence-corrected chi connectivity index (χ1v) is 7.80. The van der Waals surface area contributed by atoms with Crippen molar-refractivity contribution in [1.29, 1.82) is 0 Å². The number of nitrogens with two attached hydrogens (primary N) is 1. The molecule has 0 spiro atoms. The molecule has 0 aliphatic carbocycles. The number of ether oxygens (including phenoxy) is 1. The molecule has 1 aromatic carbocycles. The molecule has 0 bridgehead atoms. The van der Waals surface area contributed by atoms with Gasteiger partial charge < -0.3 is 20.6 Å². The Bertz CT molecular complexity index is 726. The lowest BCUT2D eigenvalue weighted by Gasteiger charge is -2.19. The second-order valence-corrected chi connectivity index (χ2v) is 6.87. The van der Waals surface area contributed by atoms with Crippen LogP contribution in [0.1, 0.15) is 0 Å². The summed E-state index contributed by atoms with van der Waals surface area (Å²) in [6.45, 7) is 0.0197. The number of aromatic amines is 1. The van der Waals surface area contributed by atoms with Gasteiger partial charge in [-0.1, -0.05) is 0 Å². The fraction of sp³-hybridized carbons (Fsp3) is 0.385. The Morgan fingerprint density at radius 3 is 2.86 bits per heavy atom. The highest BCUT2D eigenvalue weighted by atomic mass is 32.2. The third-order valence-corrected chi connectivity index (χ3v) is 5.05. The van der Waals surface area contributed by atoms with Crippen LogP contribution in [0.5, 0.6) is 0 Å². The van der Waals surface area contributed by atoms with Gasteiger partial charge in [-0.05, 0) is 18.2 Å². The smallest absolute Gasteiger partial charge is 0.245 e. The zero-order chi connectivity index (χ0) is 15.6. The number of anilines is 1. The quantitative estimate of drug-likeness (QED) is 0.668. The van der Waals surface area contributed by atoms with Crippen LogP contribution in [-0.2, 0) is 14.8 Å². The highest BCUT2D eigenvalue weighted by Crippen LogP contribution is 2.26. The summed E-state index contributed by atoms with van der Waals surface area (Å²) in [4.78, 5) is 3.04. The van der Waals surface area contributed by atoms with Gasteiger partial charge in [-0.15, -0.1) is 0 Å². The highest BCUT2D eigenvalue weighted by Gasteiger charge is 2.26. The number of rotatable bonds is 6. The largest absolute Gasteiger partial charge is 0.399 e. The molecule has 1 heterocycles. The van der Waals surface area contributed by atoms with Gasteiger partial charge in [0.05, 0.1) is 12.7 Å². The summed E-state index contributed by atoms with van der Waals surface area (Å²) in [6, 6.07) is 5.03. The van der Waals surface area contributed by atoms with Crippen molar-refractivity contribution in [3.8, 4) is 0 Å². The number of sulfonamides is 1. The minimum atomic E-state index is -3.72. The summed E-state index contributed by atoms with van der Waals surface area (Å²) in [5.41, 5.74) is 6.89. The second-order valence-electron chi connectivity index (χ2n) is 4.85. The van der Waals surface area contributed by atoms with Gasteiger partial charge in [0, 0.05) is 43.5 Å². The van der Waals surface area contributed by atoms with E-state index in [9.17, 15) is 13.5 Å². The van der Waals surface area contributed by atoms with Crippen LogP contribution in [0.15, 0.2) is 29.3 Å². The number of aromatic nitrogens is 1. The van der Waals surface area contributed by atoms with E-state index < -0.39 is 16.1 Å². The number of nitrogens with one attached hydrogen (secondary N) is 1. The van der Waals surface area contributed by atoms with E-state index in [1.807, 2.05) is 0 Å². The van der Waals surface area contributed by atoms with Gasteiger partial charge in [0.2, 0.25) is 10.0 Å². The SMILES string of the molecule is COCC(O)CN(C)S(=O)(=O)c1c[nH]c2ccc(N)cc12. The van der Waals surface area contributed by atoms with Crippen molar-refractivity contribution < 1.29 is 18.3 Å². The van der Waals surface area contributed by atoms with Gasteiger partial charge in [-0.2, -0.15) is 4.31 Å². The molecule has 2 rings (SSSR count). The van der Waals surface area contributed by atoms with E-state index in [2.05, 4.69) is 4.98 Å². The van der Waals surface area contributed by atoms with Crippen LogP contribution in [0.25, 0.3) is 10.9 Å². The zero-order valence-electron chi connectivity index (χ0n) is 11.9. The molecule has 0 aliphatic rings. The Balaban J connectivity index is 2.35. The molecule has 0 amide bonds. The molecule has 116 valence electrons. The standard InChI is InChI=1S/C13H19N3O4S/c1-16(7-10(17)8-20-2)21(18,19)13-6-15-12-4-3-9(14)5-11(12)13/h3-6,10,15,17H,7-8,14H2,1-2H3.